The molecular weight excluding hydrogens is 376 g/mol. The number of para-hydroxylation sites is 1. The van der Waals surface area contributed by atoms with Gasteiger partial charge in [-0.2, -0.15) is 0 Å². The maximum absolute atomic E-state index is 12.1. The first-order valence-corrected chi connectivity index (χ1v) is 8.89. The number of anilines is 1. The van der Waals surface area contributed by atoms with Crippen LogP contribution >= 0.6 is 22.9 Å². The summed E-state index contributed by atoms with van der Waals surface area (Å²) >= 11 is 7.29. The van der Waals surface area contributed by atoms with Gasteiger partial charge < -0.3 is 20.2 Å². The number of benzene rings is 1. The zero-order valence-corrected chi connectivity index (χ0v) is 15.0. The molecule has 2 heterocycles. The van der Waals surface area contributed by atoms with Crippen LogP contribution in [-0.4, -0.2) is 23.5 Å². The molecule has 8 heteroatoms. The second kappa shape index (κ2) is 7.74. The molecule has 6 nitrogen and oxygen atoms in total. The smallest absolute Gasteiger partial charge is 0.313 e. The number of amides is 2. The third-order valence-electron chi connectivity index (χ3n) is 3.76. The van der Waals surface area contributed by atoms with Gasteiger partial charge in [0.15, 0.2) is 0 Å². The minimum absolute atomic E-state index is 0.193. The van der Waals surface area contributed by atoms with E-state index in [9.17, 15) is 14.7 Å². The molecule has 3 N–H and O–H groups in total. The molecule has 0 saturated heterocycles. The molecule has 3 rings (SSSR count). The molecule has 0 radical (unpaired) electrons. The quantitative estimate of drug-likeness (QED) is 0.584. The van der Waals surface area contributed by atoms with Crippen LogP contribution in [0.4, 0.5) is 5.69 Å². The lowest BCUT2D eigenvalue weighted by Crippen LogP contribution is -2.44. The molecule has 3 aromatic rings. The topological polar surface area (TPSA) is 91.6 Å². The van der Waals surface area contributed by atoms with Crippen molar-refractivity contribution in [2.24, 2.45) is 0 Å². The Bertz CT molecular complexity index is 860. The molecule has 0 aliphatic heterocycles. The minimum Gasteiger partial charge on any atom is -0.472 e. The lowest BCUT2D eigenvalue weighted by molar-refractivity contribution is -0.136. The number of thiophene rings is 1. The number of carbonyl (C=O) groups is 2. The number of aliphatic hydroxyl groups is 1. The molecule has 2 aromatic heterocycles. The summed E-state index contributed by atoms with van der Waals surface area (Å²) in [7, 11) is 0. The average molecular weight is 391 g/mol. The number of rotatable bonds is 5. The minimum atomic E-state index is -1.50. The van der Waals surface area contributed by atoms with Crippen LogP contribution in [0.5, 0.6) is 0 Å². The summed E-state index contributed by atoms with van der Waals surface area (Å²) in [5.41, 5.74) is -0.689. The van der Waals surface area contributed by atoms with E-state index in [2.05, 4.69) is 10.6 Å². The highest BCUT2D eigenvalue weighted by atomic mass is 35.5. The maximum Gasteiger partial charge on any atom is 0.313 e. The molecule has 0 spiro atoms. The SMILES string of the molecule is O=C(NC[C@@](O)(c1ccoc1)c1cccs1)C(=O)Nc1ccccc1Cl. The van der Waals surface area contributed by atoms with Crippen LogP contribution < -0.4 is 10.6 Å². The zero-order valence-electron chi connectivity index (χ0n) is 13.4. The fraction of sp³-hybridized carbons (Fsp3) is 0.111. The molecule has 0 saturated carbocycles. The normalized spacial score (nSPS) is 13.0. The highest BCUT2D eigenvalue weighted by molar-refractivity contribution is 7.10. The van der Waals surface area contributed by atoms with Crippen LogP contribution in [0.2, 0.25) is 5.02 Å². The predicted molar refractivity (Wildman–Crippen MR) is 99.1 cm³/mol. The van der Waals surface area contributed by atoms with Gasteiger partial charge in [-0.3, -0.25) is 9.59 Å². The van der Waals surface area contributed by atoms with Gasteiger partial charge in [0, 0.05) is 10.4 Å². The average Bonchev–Trinajstić information content (AvgIpc) is 3.35. The third-order valence-corrected chi connectivity index (χ3v) is 5.11. The van der Waals surface area contributed by atoms with E-state index in [1.165, 1.54) is 23.9 Å². The van der Waals surface area contributed by atoms with Crippen LogP contribution in [0.15, 0.2) is 64.8 Å². The maximum atomic E-state index is 12.1. The second-order valence-corrected chi connectivity index (χ2v) is 6.82. The molecule has 2 amide bonds. The van der Waals surface area contributed by atoms with E-state index < -0.39 is 17.4 Å². The van der Waals surface area contributed by atoms with Crippen molar-refractivity contribution >= 4 is 40.4 Å². The fourth-order valence-corrected chi connectivity index (χ4v) is 3.40. The van der Waals surface area contributed by atoms with Gasteiger partial charge in [-0.05, 0) is 29.6 Å². The molecule has 0 fully saturated rings. The molecular formula is C18H15ClN2O4S. The first-order chi connectivity index (χ1) is 12.5. The fourth-order valence-electron chi connectivity index (χ4n) is 2.38. The summed E-state index contributed by atoms with van der Waals surface area (Å²) in [6.07, 6.45) is 2.83. The molecule has 1 atom stereocenters. The van der Waals surface area contributed by atoms with E-state index in [4.69, 9.17) is 16.0 Å². The van der Waals surface area contributed by atoms with Gasteiger partial charge in [0.25, 0.3) is 0 Å². The summed E-state index contributed by atoms with van der Waals surface area (Å²) in [4.78, 5) is 24.8. The highest BCUT2D eigenvalue weighted by Crippen LogP contribution is 2.32. The summed E-state index contributed by atoms with van der Waals surface area (Å²) in [5, 5.41) is 18.1. The Hall–Kier alpha value is -2.61. The molecule has 0 unspecified atom stereocenters. The van der Waals surface area contributed by atoms with Crippen molar-refractivity contribution in [3.05, 3.63) is 75.8 Å². The van der Waals surface area contributed by atoms with Gasteiger partial charge in [0.1, 0.15) is 5.60 Å². The molecule has 1 aromatic carbocycles. The Kier molecular flexibility index (Phi) is 5.41. The van der Waals surface area contributed by atoms with Gasteiger partial charge in [-0.1, -0.05) is 29.8 Å². The number of halogens is 1. The molecule has 26 heavy (non-hydrogen) atoms. The Balaban J connectivity index is 1.70. The van der Waals surface area contributed by atoms with Gasteiger partial charge in [0.05, 0.1) is 29.8 Å². The van der Waals surface area contributed by atoms with E-state index in [0.29, 0.717) is 21.2 Å². The van der Waals surface area contributed by atoms with E-state index in [1.54, 1.807) is 42.5 Å². The van der Waals surface area contributed by atoms with E-state index >= 15 is 0 Å². The van der Waals surface area contributed by atoms with Crippen LogP contribution in [-0.2, 0) is 15.2 Å². The second-order valence-electron chi connectivity index (χ2n) is 5.47. The molecule has 134 valence electrons. The van der Waals surface area contributed by atoms with Gasteiger partial charge in [0.2, 0.25) is 0 Å². The largest absolute Gasteiger partial charge is 0.472 e. The van der Waals surface area contributed by atoms with Gasteiger partial charge in [-0.25, -0.2) is 0 Å². The van der Waals surface area contributed by atoms with E-state index in [0.717, 1.165) is 0 Å². The lowest BCUT2D eigenvalue weighted by Gasteiger charge is -2.26. The van der Waals surface area contributed by atoms with Crippen molar-refractivity contribution < 1.29 is 19.1 Å². The Morgan fingerprint density at radius 1 is 1.15 bits per heavy atom. The number of carbonyl (C=O) groups excluding carboxylic acids is 2. The van der Waals surface area contributed by atoms with Crippen molar-refractivity contribution in [1.82, 2.24) is 5.32 Å². The predicted octanol–water partition coefficient (Wildman–Crippen LogP) is 2.99. The summed E-state index contributed by atoms with van der Waals surface area (Å²) in [5.74, 6) is -1.76. The van der Waals surface area contributed by atoms with Crippen molar-refractivity contribution in [2.45, 2.75) is 5.60 Å². The van der Waals surface area contributed by atoms with Crippen LogP contribution in [0.1, 0.15) is 10.4 Å². The summed E-state index contributed by atoms with van der Waals surface area (Å²) in [6, 6.07) is 11.7. The Labute approximate surface area is 158 Å². The highest BCUT2D eigenvalue weighted by Gasteiger charge is 2.35. The van der Waals surface area contributed by atoms with Crippen LogP contribution in [0.3, 0.4) is 0 Å². The molecule has 0 aliphatic carbocycles. The van der Waals surface area contributed by atoms with E-state index in [-0.39, 0.29) is 6.54 Å². The van der Waals surface area contributed by atoms with Crippen molar-refractivity contribution in [2.75, 3.05) is 11.9 Å². The van der Waals surface area contributed by atoms with Gasteiger partial charge >= 0.3 is 11.8 Å². The Morgan fingerprint density at radius 3 is 2.62 bits per heavy atom. The monoisotopic (exact) mass is 390 g/mol. The Morgan fingerprint density at radius 2 is 1.96 bits per heavy atom. The number of furan rings is 1. The third kappa shape index (κ3) is 3.80. The molecule has 0 bridgehead atoms. The number of hydrogen-bond acceptors (Lipinski definition) is 5. The lowest BCUT2D eigenvalue weighted by atomic mass is 9.94. The summed E-state index contributed by atoms with van der Waals surface area (Å²) < 4.78 is 5.04. The summed E-state index contributed by atoms with van der Waals surface area (Å²) in [6.45, 7) is -0.193. The first kappa shape index (κ1) is 18.2. The standard InChI is InChI=1S/C18H15ClN2O4S/c19-13-4-1-2-5-14(13)21-17(23)16(22)20-11-18(24,12-7-8-25-10-12)15-6-3-9-26-15/h1-10,24H,11H2,(H,20,22)(H,21,23)/t18-/m1/s1. The zero-order chi connectivity index (χ0) is 18.6. The van der Waals surface area contributed by atoms with Crippen molar-refractivity contribution in [1.29, 1.82) is 0 Å². The van der Waals surface area contributed by atoms with Gasteiger partial charge in [-0.15, -0.1) is 11.3 Å². The van der Waals surface area contributed by atoms with E-state index in [1.807, 2.05) is 5.38 Å². The molecule has 0 aliphatic rings. The number of nitrogens with one attached hydrogen (secondary N) is 2. The van der Waals surface area contributed by atoms with Crippen LogP contribution in [0.25, 0.3) is 0 Å². The number of hydrogen-bond donors (Lipinski definition) is 3. The van der Waals surface area contributed by atoms with Crippen molar-refractivity contribution in [3.8, 4) is 0 Å². The first-order valence-electron chi connectivity index (χ1n) is 7.63. The van der Waals surface area contributed by atoms with Crippen LogP contribution in [0, 0.1) is 0 Å². The van der Waals surface area contributed by atoms with Crippen molar-refractivity contribution in [3.63, 3.8) is 0 Å².